The van der Waals surface area contributed by atoms with Crippen LogP contribution in [0.5, 0.6) is 11.5 Å². The largest absolute Gasteiger partial charge is 0.494 e. The highest BCUT2D eigenvalue weighted by Gasteiger charge is 2.37. The van der Waals surface area contributed by atoms with E-state index in [0.29, 0.717) is 36.0 Å². The molecule has 0 spiro atoms. The van der Waals surface area contributed by atoms with E-state index in [1.165, 1.54) is 6.08 Å². The molecule has 0 saturated carbocycles. The second kappa shape index (κ2) is 9.56. The van der Waals surface area contributed by atoms with Crippen molar-refractivity contribution < 1.29 is 23.9 Å². The van der Waals surface area contributed by atoms with Crippen LogP contribution < -0.4 is 19.7 Å². The van der Waals surface area contributed by atoms with E-state index in [2.05, 4.69) is 5.32 Å². The van der Waals surface area contributed by atoms with Gasteiger partial charge in [-0.3, -0.25) is 14.9 Å². The van der Waals surface area contributed by atoms with Gasteiger partial charge in [0.1, 0.15) is 17.1 Å². The fourth-order valence-corrected chi connectivity index (χ4v) is 3.66. The molecule has 3 aromatic carbocycles. The third-order valence-electron chi connectivity index (χ3n) is 5.19. The van der Waals surface area contributed by atoms with E-state index in [1.54, 1.807) is 24.3 Å². The third kappa shape index (κ3) is 4.43. The molecule has 0 bridgehead atoms. The SMILES string of the molecule is CCCOc1ccc2ccccc2c1/C=C1\C(=O)NC(=O)N(c2ccc(OCC)cc2)C1=O. The summed E-state index contributed by atoms with van der Waals surface area (Å²) in [6.45, 7) is 4.85. The van der Waals surface area contributed by atoms with Crippen molar-refractivity contribution >= 4 is 40.4 Å². The number of anilines is 1. The van der Waals surface area contributed by atoms with Crippen molar-refractivity contribution in [3.05, 3.63) is 71.8 Å². The van der Waals surface area contributed by atoms with E-state index in [9.17, 15) is 14.4 Å². The molecule has 1 fully saturated rings. The summed E-state index contributed by atoms with van der Waals surface area (Å²) in [7, 11) is 0. The molecule has 1 N–H and O–H groups in total. The van der Waals surface area contributed by atoms with E-state index >= 15 is 0 Å². The van der Waals surface area contributed by atoms with E-state index in [1.807, 2.05) is 50.2 Å². The smallest absolute Gasteiger partial charge is 0.335 e. The summed E-state index contributed by atoms with van der Waals surface area (Å²) in [5, 5.41) is 4.04. The Morgan fingerprint density at radius 1 is 0.909 bits per heavy atom. The van der Waals surface area contributed by atoms with Crippen LogP contribution in [0.25, 0.3) is 16.8 Å². The number of rotatable bonds is 7. The molecular weight excluding hydrogens is 420 g/mol. The van der Waals surface area contributed by atoms with Gasteiger partial charge in [0.15, 0.2) is 0 Å². The lowest BCUT2D eigenvalue weighted by Crippen LogP contribution is -2.54. The minimum absolute atomic E-state index is 0.152. The molecule has 0 radical (unpaired) electrons. The van der Waals surface area contributed by atoms with Gasteiger partial charge in [-0.15, -0.1) is 0 Å². The Morgan fingerprint density at radius 2 is 1.67 bits per heavy atom. The van der Waals surface area contributed by atoms with Crippen LogP contribution in [0.15, 0.2) is 66.2 Å². The minimum atomic E-state index is -0.799. The van der Waals surface area contributed by atoms with Gasteiger partial charge in [0.05, 0.1) is 18.9 Å². The maximum Gasteiger partial charge on any atom is 0.335 e. The summed E-state index contributed by atoms with van der Waals surface area (Å²) in [4.78, 5) is 39.5. The first-order valence-corrected chi connectivity index (χ1v) is 10.8. The number of hydrogen-bond donors (Lipinski definition) is 1. The molecule has 3 aromatic rings. The van der Waals surface area contributed by atoms with E-state index in [0.717, 1.165) is 22.1 Å². The van der Waals surface area contributed by atoms with Gasteiger partial charge in [-0.05, 0) is 60.5 Å². The zero-order valence-electron chi connectivity index (χ0n) is 18.5. The van der Waals surface area contributed by atoms with Crippen molar-refractivity contribution in [1.82, 2.24) is 5.32 Å². The number of urea groups is 1. The highest BCUT2D eigenvalue weighted by atomic mass is 16.5. The molecule has 1 saturated heterocycles. The Labute approximate surface area is 191 Å². The topological polar surface area (TPSA) is 84.9 Å². The third-order valence-corrected chi connectivity index (χ3v) is 5.19. The minimum Gasteiger partial charge on any atom is -0.494 e. The zero-order chi connectivity index (χ0) is 23.4. The summed E-state index contributed by atoms with van der Waals surface area (Å²) >= 11 is 0. The lowest BCUT2D eigenvalue weighted by molar-refractivity contribution is -0.122. The molecule has 0 atom stereocenters. The number of benzene rings is 3. The van der Waals surface area contributed by atoms with E-state index in [-0.39, 0.29) is 5.57 Å². The highest BCUT2D eigenvalue weighted by Crippen LogP contribution is 2.32. The predicted octanol–water partition coefficient (Wildman–Crippen LogP) is 4.69. The normalized spacial score (nSPS) is 15.2. The van der Waals surface area contributed by atoms with E-state index < -0.39 is 17.8 Å². The number of imide groups is 2. The van der Waals surface area contributed by atoms with Crippen LogP contribution in [-0.2, 0) is 9.59 Å². The first-order chi connectivity index (χ1) is 16.0. The van der Waals surface area contributed by atoms with Crippen molar-refractivity contribution in [2.24, 2.45) is 0 Å². The summed E-state index contributed by atoms with van der Waals surface area (Å²) in [6, 6.07) is 17.1. The zero-order valence-corrected chi connectivity index (χ0v) is 18.5. The molecule has 0 unspecified atom stereocenters. The average molecular weight is 444 g/mol. The fraction of sp³-hybridized carbons (Fsp3) is 0.192. The van der Waals surface area contributed by atoms with Crippen molar-refractivity contribution in [1.29, 1.82) is 0 Å². The molecule has 168 valence electrons. The lowest BCUT2D eigenvalue weighted by atomic mass is 9.99. The van der Waals surface area contributed by atoms with Gasteiger partial charge < -0.3 is 9.47 Å². The fourth-order valence-electron chi connectivity index (χ4n) is 3.66. The van der Waals surface area contributed by atoms with Gasteiger partial charge in [-0.1, -0.05) is 37.3 Å². The Bertz CT molecular complexity index is 1250. The molecule has 1 heterocycles. The van der Waals surface area contributed by atoms with Gasteiger partial charge in [0, 0.05) is 5.56 Å². The average Bonchev–Trinajstić information content (AvgIpc) is 2.82. The highest BCUT2D eigenvalue weighted by molar-refractivity contribution is 6.39. The quantitative estimate of drug-likeness (QED) is 0.422. The van der Waals surface area contributed by atoms with E-state index in [4.69, 9.17) is 9.47 Å². The molecule has 33 heavy (non-hydrogen) atoms. The Kier molecular flexibility index (Phi) is 6.40. The van der Waals surface area contributed by atoms with Gasteiger partial charge >= 0.3 is 6.03 Å². The number of carbonyl (C=O) groups excluding carboxylic acids is 3. The molecule has 7 heteroatoms. The lowest BCUT2D eigenvalue weighted by Gasteiger charge is -2.26. The monoisotopic (exact) mass is 444 g/mol. The number of barbiturate groups is 1. The maximum absolute atomic E-state index is 13.3. The van der Waals surface area contributed by atoms with Gasteiger partial charge in [-0.25, -0.2) is 9.69 Å². The van der Waals surface area contributed by atoms with Crippen LogP contribution in [0.1, 0.15) is 25.8 Å². The number of ether oxygens (including phenoxy) is 2. The first kappa shape index (κ1) is 22.1. The number of nitrogens with one attached hydrogen (secondary N) is 1. The van der Waals surface area contributed by atoms with Gasteiger partial charge in [-0.2, -0.15) is 0 Å². The molecular formula is C26H24N2O5. The molecule has 7 nitrogen and oxygen atoms in total. The summed E-state index contributed by atoms with van der Waals surface area (Å²) < 4.78 is 11.3. The molecule has 1 aliphatic heterocycles. The number of nitrogens with zero attached hydrogens (tertiary/aromatic N) is 1. The Hall–Kier alpha value is -4.13. The van der Waals surface area contributed by atoms with Crippen LogP contribution in [0, 0.1) is 0 Å². The Balaban J connectivity index is 1.78. The number of amides is 4. The van der Waals surface area contributed by atoms with Crippen LogP contribution in [0.3, 0.4) is 0 Å². The van der Waals surface area contributed by atoms with Crippen LogP contribution in [0.4, 0.5) is 10.5 Å². The maximum atomic E-state index is 13.3. The van der Waals surface area contributed by atoms with Crippen molar-refractivity contribution in [2.75, 3.05) is 18.1 Å². The second-order valence-corrected chi connectivity index (χ2v) is 7.43. The predicted molar refractivity (Wildman–Crippen MR) is 126 cm³/mol. The van der Waals surface area contributed by atoms with Crippen LogP contribution >= 0.6 is 0 Å². The van der Waals surface area contributed by atoms with Crippen LogP contribution in [-0.4, -0.2) is 31.1 Å². The van der Waals surface area contributed by atoms with Crippen molar-refractivity contribution in [3.63, 3.8) is 0 Å². The molecule has 0 aromatic heterocycles. The van der Waals surface area contributed by atoms with Crippen molar-refractivity contribution in [3.8, 4) is 11.5 Å². The summed E-state index contributed by atoms with van der Waals surface area (Å²) in [5.74, 6) is -0.275. The number of hydrogen-bond acceptors (Lipinski definition) is 5. The first-order valence-electron chi connectivity index (χ1n) is 10.8. The van der Waals surface area contributed by atoms with Crippen molar-refractivity contribution in [2.45, 2.75) is 20.3 Å². The standard InChI is InChI=1S/C26H24N2O5/c1-3-15-33-23-14-9-17-7-5-6-8-20(17)21(23)16-22-24(29)27-26(31)28(25(22)30)18-10-12-19(13-11-18)32-4-2/h5-14,16H,3-4,15H2,1-2H3,(H,27,29,31)/b22-16+. The molecule has 4 amide bonds. The summed E-state index contributed by atoms with van der Waals surface area (Å²) in [5.41, 5.74) is 0.793. The summed E-state index contributed by atoms with van der Waals surface area (Å²) in [6.07, 6.45) is 2.31. The van der Waals surface area contributed by atoms with Gasteiger partial charge in [0.2, 0.25) is 0 Å². The second-order valence-electron chi connectivity index (χ2n) is 7.43. The van der Waals surface area contributed by atoms with Gasteiger partial charge in [0.25, 0.3) is 11.8 Å². The number of fused-ring (bicyclic) bond motifs is 1. The molecule has 0 aliphatic carbocycles. The molecule has 1 aliphatic rings. The Morgan fingerprint density at radius 3 is 2.39 bits per heavy atom. The number of carbonyl (C=O) groups is 3. The molecule has 4 rings (SSSR count). The van der Waals surface area contributed by atoms with Crippen LogP contribution in [0.2, 0.25) is 0 Å².